The lowest BCUT2D eigenvalue weighted by Gasteiger charge is -2.03. The molecule has 0 spiro atoms. The van der Waals surface area contributed by atoms with Gasteiger partial charge in [0.25, 0.3) is 0 Å². The van der Waals surface area contributed by atoms with Gasteiger partial charge in [-0.15, -0.1) is 0 Å². The summed E-state index contributed by atoms with van der Waals surface area (Å²) in [7, 11) is 2.05. The first-order chi connectivity index (χ1) is 11.2. The molecular formula is C19H17IN4. The number of aromatic amines is 1. The first-order valence-electron chi connectivity index (χ1n) is 7.51. The molecule has 0 fully saturated rings. The molecule has 0 saturated carbocycles. The molecule has 3 aromatic heterocycles. The number of nitrogens with two attached hydrogens (primary N) is 1. The van der Waals surface area contributed by atoms with Gasteiger partial charge in [-0.05, 0) is 24.3 Å². The van der Waals surface area contributed by atoms with Gasteiger partial charge in [-0.25, -0.2) is 4.98 Å². The summed E-state index contributed by atoms with van der Waals surface area (Å²) < 4.78 is 2.15. The lowest BCUT2D eigenvalue weighted by molar-refractivity contribution is -0.646. The van der Waals surface area contributed by atoms with Gasteiger partial charge in [0, 0.05) is 41.6 Å². The van der Waals surface area contributed by atoms with Crippen LogP contribution < -0.4 is 34.3 Å². The Hall–Kier alpha value is -2.41. The quantitative estimate of drug-likeness (QED) is 0.357. The summed E-state index contributed by atoms with van der Waals surface area (Å²) in [6, 6.07) is 14.2. The number of benzene rings is 1. The Morgan fingerprint density at radius 2 is 1.88 bits per heavy atom. The summed E-state index contributed by atoms with van der Waals surface area (Å²) in [5, 5.41) is 2.18. The second kappa shape index (κ2) is 6.60. The van der Waals surface area contributed by atoms with Crippen molar-refractivity contribution < 1.29 is 28.5 Å². The van der Waals surface area contributed by atoms with E-state index in [1.54, 1.807) is 6.20 Å². The minimum absolute atomic E-state index is 0. The van der Waals surface area contributed by atoms with Gasteiger partial charge in [0.1, 0.15) is 12.7 Å². The van der Waals surface area contributed by atoms with Crippen LogP contribution in [0.15, 0.2) is 54.9 Å². The maximum atomic E-state index is 6.20. The van der Waals surface area contributed by atoms with Crippen molar-refractivity contribution in [2.24, 2.45) is 7.05 Å². The summed E-state index contributed by atoms with van der Waals surface area (Å²) >= 11 is 0. The van der Waals surface area contributed by atoms with Crippen molar-refractivity contribution in [2.75, 3.05) is 5.73 Å². The number of rotatable bonds is 2. The Labute approximate surface area is 157 Å². The smallest absolute Gasteiger partial charge is 0.214 e. The third-order valence-corrected chi connectivity index (χ3v) is 4.18. The fourth-order valence-corrected chi connectivity index (χ4v) is 2.93. The molecule has 0 saturated heterocycles. The van der Waals surface area contributed by atoms with Crippen LogP contribution >= 0.6 is 0 Å². The summed E-state index contributed by atoms with van der Waals surface area (Å²) in [6.45, 7) is 0. The number of aromatic nitrogens is 3. The molecule has 3 heterocycles. The molecular weight excluding hydrogens is 411 g/mol. The molecule has 0 aliphatic heterocycles. The third kappa shape index (κ3) is 2.75. The fraction of sp³-hybridized carbons (Fsp3) is 0.0526. The number of fused-ring (bicyclic) bond motifs is 2. The van der Waals surface area contributed by atoms with Crippen LogP contribution in [0.4, 0.5) is 5.69 Å². The van der Waals surface area contributed by atoms with Gasteiger partial charge in [-0.2, -0.15) is 4.57 Å². The van der Waals surface area contributed by atoms with E-state index in [-0.39, 0.29) is 24.0 Å². The van der Waals surface area contributed by atoms with Crippen LogP contribution in [-0.2, 0) is 7.05 Å². The molecule has 24 heavy (non-hydrogen) atoms. The Balaban J connectivity index is 0.00000169. The average Bonchev–Trinajstić information content (AvgIpc) is 3.00. The number of hydrogen-bond donors (Lipinski definition) is 2. The van der Waals surface area contributed by atoms with Crippen molar-refractivity contribution in [1.29, 1.82) is 0 Å². The second-order valence-electron chi connectivity index (χ2n) is 5.58. The van der Waals surface area contributed by atoms with Gasteiger partial charge in [0.2, 0.25) is 11.2 Å². The Morgan fingerprint density at radius 3 is 2.75 bits per heavy atom. The second-order valence-corrected chi connectivity index (χ2v) is 5.58. The van der Waals surface area contributed by atoms with Gasteiger partial charge in [-0.3, -0.25) is 0 Å². The Morgan fingerprint density at radius 1 is 1.08 bits per heavy atom. The van der Waals surface area contributed by atoms with E-state index in [2.05, 4.69) is 45.9 Å². The van der Waals surface area contributed by atoms with E-state index in [0.717, 1.165) is 38.9 Å². The van der Waals surface area contributed by atoms with E-state index >= 15 is 0 Å². The number of nitrogen functional groups attached to an aromatic ring is 1. The lowest BCUT2D eigenvalue weighted by Crippen LogP contribution is -3.00. The van der Waals surface area contributed by atoms with Crippen LogP contribution in [0, 0.1) is 0 Å². The zero-order chi connectivity index (χ0) is 15.8. The van der Waals surface area contributed by atoms with Crippen LogP contribution in [0.3, 0.4) is 0 Å². The van der Waals surface area contributed by atoms with Gasteiger partial charge in [0.05, 0.1) is 11.1 Å². The van der Waals surface area contributed by atoms with Crippen LogP contribution in [0.25, 0.3) is 34.1 Å². The van der Waals surface area contributed by atoms with Crippen molar-refractivity contribution >= 4 is 39.8 Å². The number of nitrogens with zero attached hydrogens (tertiary/aromatic N) is 2. The first-order valence-corrected chi connectivity index (χ1v) is 7.51. The molecule has 4 nitrogen and oxygen atoms in total. The molecule has 4 aromatic rings. The van der Waals surface area contributed by atoms with E-state index in [9.17, 15) is 0 Å². The highest BCUT2D eigenvalue weighted by molar-refractivity contribution is 5.91. The predicted molar refractivity (Wildman–Crippen MR) is 94.6 cm³/mol. The van der Waals surface area contributed by atoms with E-state index in [1.807, 2.05) is 36.5 Å². The molecule has 0 aliphatic rings. The summed E-state index contributed by atoms with van der Waals surface area (Å²) in [4.78, 5) is 7.50. The topological polar surface area (TPSA) is 58.6 Å². The van der Waals surface area contributed by atoms with E-state index in [0.29, 0.717) is 0 Å². The highest BCUT2D eigenvalue weighted by Crippen LogP contribution is 2.21. The first kappa shape index (κ1) is 16.4. The fourth-order valence-electron chi connectivity index (χ4n) is 2.93. The maximum absolute atomic E-state index is 6.20. The Kier molecular flexibility index (Phi) is 4.53. The molecule has 3 N–H and O–H groups in total. The van der Waals surface area contributed by atoms with Crippen LogP contribution in [0.5, 0.6) is 0 Å². The third-order valence-electron chi connectivity index (χ3n) is 4.18. The standard InChI is InChI=1S/C19H16N4.HI/c1-23-14(11-17(20)16-5-2-3-7-18(16)23)9-8-13-12-22-19-15(13)6-4-10-21-19;/h2-12H,1H3,(H2,20,21,22);1H. The highest BCUT2D eigenvalue weighted by atomic mass is 127. The number of hydrogen-bond acceptors (Lipinski definition) is 2. The maximum Gasteiger partial charge on any atom is 0.214 e. The molecule has 0 atom stereocenters. The van der Waals surface area contributed by atoms with Crippen LogP contribution in [0.2, 0.25) is 0 Å². The number of nitrogens with one attached hydrogen (secondary N) is 1. The highest BCUT2D eigenvalue weighted by Gasteiger charge is 2.12. The molecule has 0 bridgehead atoms. The zero-order valence-electron chi connectivity index (χ0n) is 13.2. The van der Waals surface area contributed by atoms with Crippen LogP contribution in [0.1, 0.15) is 11.3 Å². The van der Waals surface area contributed by atoms with Gasteiger partial charge in [-0.1, -0.05) is 12.1 Å². The molecule has 4 rings (SSSR count). The van der Waals surface area contributed by atoms with Gasteiger partial charge < -0.3 is 34.7 Å². The van der Waals surface area contributed by atoms with E-state index in [1.165, 1.54) is 0 Å². The van der Waals surface area contributed by atoms with Crippen molar-refractivity contribution in [3.63, 3.8) is 0 Å². The lowest BCUT2D eigenvalue weighted by atomic mass is 10.1. The predicted octanol–water partition coefficient (Wildman–Crippen LogP) is 0.297. The van der Waals surface area contributed by atoms with E-state index in [4.69, 9.17) is 5.73 Å². The Bertz CT molecular complexity index is 1050. The summed E-state index contributed by atoms with van der Waals surface area (Å²) in [5.41, 5.74) is 11.2. The van der Waals surface area contributed by atoms with Crippen LogP contribution in [-0.4, -0.2) is 9.97 Å². The molecule has 0 aliphatic carbocycles. The van der Waals surface area contributed by atoms with E-state index < -0.39 is 0 Å². The number of pyridine rings is 2. The average molecular weight is 428 g/mol. The molecule has 120 valence electrons. The normalized spacial score (nSPS) is 11.2. The van der Waals surface area contributed by atoms with Crippen molar-refractivity contribution in [2.45, 2.75) is 0 Å². The van der Waals surface area contributed by atoms with Crippen molar-refractivity contribution in [3.8, 4) is 0 Å². The minimum atomic E-state index is 0. The van der Waals surface area contributed by atoms with Crippen molar-refractivity contribution in [1.82, 2.24) is 9.97 Å². The summed E-state index contributed by atoms with van der Waals surface area (Å²) in [5.74, 6) is 0. The molecule has 0 unspecified atom stereocenters. The molecule has 1 aromatic carbocycles. The monoisotopic (exact) mass is 428 g/mol. The number of para-hydroxylation sites is 1. The minimum Gasteiger partial charge on any atom is -1.00 e. The van der Waals surface area contributed by atoms with Crippen molar-refractivity contribution in [3.05, 3.63) is 66.1 Å². The SMILES string of the molecule is C[n+]1c(/C=C/c2c[nH]c3ncccc23)cc(N)c2ccccc21.[I-]. The molecule has 0 radical (unpaired) electrons. The largest absolute Gasteiger partial charge is 1.00 e. The molecule has 0 amide bonds. The zero-order valence-corrected chi connectivity index (χ0v) is 15.4. The number of anilines is 1. The number of H-pyrrole nitrogens is 1. The van der Waals surface area contributed by atoms with Gasteiger partial charge >= 0.3 is 0 Å². The number of aryl methyl sites for hydroxylation is 1. The number of halogens is 1. The molecule has 5 heteroatoms. The summed E-state index contributed by atoms with van der Waals surface area (Å²) in [6.07, 6.45) is 7.93. The van der Waals surface area contributed by atoms with Gasteiger partial charge in [0.15, 0.2) is 0 Å².